The number of fused-ring (bicyclic) bond motifs is 1. The lowest BCUT2D eigenvalue weighted by Gasteiger charge is -2.09. The molecule has 0 saturated heterocycles. The van der Waals surface area contributed by atoms with Crippen molar-refractivity contribution in [1.82, 2.24) is 14.5 Å². The molecule has 4 nitrogen and oxygen atoms in total. The first-order valence-corrected chi connectivity index (χ1v) is 8.57. The third-order valence-electron chi connectivity index (χ3n) is 4.66. The van der Waals surface area contributed by atoms with Crippen LogP contribution in [-0.2, 0) is 0 Å². The molecule has 5 heteroatoms. The molecule has 0 amide bonds. The maximum atomic E-state index is 13.4. The Morgan fingerprint density at radius 1 is 1.15 bits per heavy atom. The highest BCUT2D eigenvalue weighted by molar-refractivity contribution is 5.90. The zero-order chi connectivity index (χ0) is 19.0. The molecule has 0 aliphatic heterocycles. The molecule has 0 radical (unpaired) electrons. The average Bonchev–Trinajstić information content (AvgIpc) is 3.28. The molecular formula is C22H17FN4. The topological polar surface area (TPSA) is 57.4 Å². The fourth-order valence-corrected chi connectivity index (χ4v) is 3.03. The summed E-state index contributed by atoms with van der Waals surface area (Å²) < 4.78 is 15.4. The second-order valence-corrected chi connectivity index (χ2v) is 6.49. The highest BCUT2D eigenvalue weighted by Gasteiger charge is 2.10. The van der Waals surface area contributed by atoms with Gasteiger partial charge >= 0.3 is 0 Å². The van der Waals surface area contributed by atoms with Gasteiger partial charge in [0.1, 0.15) is 17.7 Å². The second kappa shape index (κ2) is 6.58. The van der Waals surface area contributed by atoms with E-state index in [0.717, 1.165) is 11.4 Å². The van der Waals surface area contributed by atoms with E-state index in [-0.39, 0.29) is 5.82 Å². The minimum Gasteiger partial charge on any atom is -0.337 e. The number of allylic oxidation sites excluding steroid dienone is 1. The number of hydrogen-bond donors (Lipinski definition) is 1. The van der Waals surface area contributed by atoms with Crippen LogP contribution < -0.4 is 0 Å². The van der Waals surface area contributed by atoms with Crippen LogP contribution in [0.3, 0.4) is 0 Å². The summed E-state index contributed by atoms with van der Waals surface area (Å²) in [6.07, 6.45) is 3.74. The predicted octanol–water partition coefficient (Wildman–Crippen LogP) is 5.17. The van der Waals surface area contributed by atoms with E-state index in [1.54, 1.807) is 12.1 Å². The number of hydrogen-bond acceptors (Lipinski definition) is 2. The van der Waals surface area contributed by atoms with Crippen LogP contribution in [0, 0.1) is 31.0 Å². The first kappa shape index (κ1) is 16.8. The van der Waals surface area contributed by atoms with Crippen molar-refractivity contribution in [3.63, 3.8) is 0 Å². The maximum absolute atomic E-state index is 13.4. The van der Waals surface area contributed by atoms with Crippen molar-refractivity contribution in [2.75, 3.05) is 0 Å². The van der Waals surface area contributed by atoms with Crippen LogP contribution in [0.4, 0.5) is 4.39 Å². The van der Waals surface area contributed by atoms with E-state index < -0.39 is 0 Å². The van der Waals surface area contributed by atoms with Gasteiger partial charge in [-0.05, 0) is 73.5 Å². The van der Waals surface area contributed by atoms with Crippen LogP contribution in [0.25, 0.3) is 28.4 Å². The fraction of sp³-hybridized carbons (Fsp3) is 0.0909. The predicted molar refractivity (Wildman–Crippen MR) is 105 cm³/mol. The van der Waals surface area contributed by atoms with Gasteiger partial charge < -0.3 is 9.55 Å². The Balaban J connectivity index is 1.78. The summed E-state index contributed by atoms with van der Waals surface area (Å²) in [5.41, 5.74) is 5.90. The third kappa shape index (κ3) is 3.13. The highest BCUT2D eigenvalue weighted by Crippen LogP contribution is 2.22. The number of nitriles is 1. The van der Waals surface area contributed by atoms with E-state index >= 15 is 0 Å². The molecule has 0 aliphatic rings. The summed E-state index contributed by atoms with van der Waals surface area (Å²) >= 11 is 0. The lowest BCUT2D eigenvalue weighted by molar-refractivity contribution is 0.629. The van der Waals surface area contributed by atoms with Crippen LogP contribution in [0.5, 0.6) is 0 Å². The quantitative estimate of drug-likeness (QED) is 0.515. The number of aromatic nitrogens is 3. The first-order chi connectivity index (χ1) is 13.0. The van der Waals surface area contributed by atoms with Crippen LogP contribution in [-0.4, -0.2) is 14.5 Å². The van der Waals surface area contributed by atoms with Crippen LogP contribution >= 0.6 is 0 Å². The molecule has 0 fully saturated rings. The molecule has 0 aliphatic carbocycles. The van der Waals surface area contributed by atoms with Crippen molar-refractivity contribution < 1.29 is 4.39 Å². The van der Waals surface area contributed by atoms with Crippen molar-refractivity contribution in [2.24, 2.45) is 0 Å². The van der Waals surface area contributed by atoms with Crippen LogP contribution in [0.15, 0.2) is 54.7 Å². The number of aromatic amines is 1. The summed E-state index contributed by atoms with van der Waals surface area (Å²) in [4.78, 5) is 7.44. The van der Waals surface area contributed by atoms with Gasteiger partial charge in [-0.25, -0.2) is 9.37 Å². The fourth-order valence-electron chi connectivity index (χ4n) is 3.03. The third-order valence-corrected chi connectivity index (χ3v) is 4.66. The Kier molecular flexibility index (Phi) is 4.09. The van der Waals surface area contributed by atoms with Gasteiger partial charge in [-0.1, -0.05) is 6.07 Å². The molecule has 2 aromatic carbocycles. The molecule has 0 unspecified atom stereocenters. The Morgan fingerprint density at radius 3 is 2.78 bits per heavy atom. The zero-order valence-electron chi connectivity index (χ0n) is 15.0. The van der Waals surface area contributed by atoms with Crippen molar-refractivity contribution in [2.45, 2.75) is 13.8 Å². The van der Waals surface area contributed by atoms with Gasteiger partial charge in [0.15, 0.2) is 0 Å². The molecule has 2 heterocycles. The molecule has 0 spiro atoms. The normalized spacial score (nSPS) is 11.7. The van der Waals surface area contributed by atoms with Gasteiger partial charge in [-0.2, -0.15) is 5.26 Å². The minimum atomic E-state index is -0.344. The molecule has 4 aromatic rings. The molecule has 0 saturated carbocycles. The number of nitrogens with zero attached hydrogens (tertiary/aromatic N) is 3. The molecule has 0 bridgehead atoms. The van der Waals surface area contributed by atoms with Gasteiger partial charge in [0.05, 0.1) is 16.6 Å². The minimum absolute atomic E-state index is 0.344. The monoisotopic (exact) mass is 356 g/mol. The largest absolute Gasteiger partial charge is 0.337 e. The van der Waals surface area contributed by atoms with E-state index in [1.807, 2.05) is 22.9 Å². The molecule has 4 rings (SSSR count). The average molecular weight is 356 g/mol. The molecular weight excluding hydrogens is 339 g/mol. The second-order valence-electron chi connectivity index (χ2n) is 6.49. The van der Waals surface area contributed by atoms with Crippen LogP contribution in [0.1, 0.15) is 22.6 Å². The Labute approximate surface area is 156 Å². The smallest absolute Gasteiger partial charge is 0.149 e. The Morgan fingerprint density at radius 2 is 2.00 bits per heavy atom. The Hall–Kier alpha value is -3.65. The number of nitrogens with one attached hydrogen (secondary N) is 1. The number of imidazole rings is 1. The summed E-state index contributed by atoms with van der Waals surface area (Å²) in [6, 6.07) is 16.6. The van der Waals surface area contributed by atoms with E-state index in [4.69, 9.17) is 0 Å². The van der Waals surface area contributed by atoms with Crippen molar-refractivity contribution in [3.8, 4) is 11.8 Å². The highest BCUT2D eigenvalue weighted by atomic mass is 19.1. The maximum Gasteiger partial charge on any atom is 0.149 e. The molecule has 2 aromatic heterocycles. The van der Waals surface area contributed by atoms with Crippen molar-refractivity contribution >= 4 is 22.7 Å². The van der Waals surface area contributed by atoms with Gasteiger partial charge in [-0.15, -0.1) is 0 Å². The zero-order valence-corrected chi connectivity index (χ0v) is 15.0. The lowest BCUT2D eigenvalue weighted by atomic mass is 10.1. The van der Waals surface area contributed by atoms with Gasteiger partial charge in [0.25, 0.3) is 0 Å². The van der Waals surface area contributed by atoms with E-state index in [0.29, 0.717) is 22.4 Å². The summed E-state index contributed by atoms with van der Waals surface area (Å²) in [5.74, 6) is 0.0785. The van der Waals surface area contributed by atoms with Gasteiger partial charge in [0, 0.05) is 17.6 Å². The lowest BCUT2D eigenvalue weighted by Crippen LogP contribution is -1.97. The van der Waals surface area contributed by atoms with E-state index in [2.05, 4.69) is 48.1 Å². The van der Waals surface area contributed by atoms with Crippen molar-refractivity contribution in [3.05, 3.63) is 83.2 Å². The number of H-pyrrole nitrogens is 1. The Bertz CT molecular complexity index is 1220. The molecule has 1 N–H and O–H groups in total. The van der Waals surface area contributed by atoms with Crippen molar-refractivity contribution in [1.29, 1.82) is 5.26 Å². The van der Waals surface area contributed by atoms with E-state index in [9.17, 15) is 9.65 Å². The standard InChI is InChI=1S/C22H17FN4/c1-14-5-7-19(10-15(14)2)27-9-3-4-18(27)11-16(13-24)22-25-20-8-6-17(23)12-21(20)26-22/h3-12H,1-2H3,(H,25,26)/b16-11-. The SMILES string of the molecule is Cc1ccc(-n2cccc2/C=C(/C#N)c2nc3ccc(F)cc3[nH]2)cc1C. The molecule has 132 valence electrons. The molecule has 0 atom stereocenters. The first-order valence-electron chi connectivity index (χ1n) is 8.57. The van der Waals surface area contributed by atoms with Gasteiger partial charge in [0.2, 0.25) is 0 Å². The van der Waals surface area contributed by atoms with E-state index in [1.165, 1.54) is 23.3 Å². The summed E-state index contributed by atoms with van der Waals surface area (Å²) in [6.45, 7) is 4.15. The molecule has 27 heavy (non-hydrogen) atoms. The number of halogens is 1. The summed E-state index contributed by atoms with van der Waals surface area (Å²) in [7, 11) is 0. The number of benzene rings is 2. The number of aryl methyl sites for hydroxylation is 2. The number of rotatable bonds is 3. The van der Waals surface area contributed by atoms with Gasteiger partial charge in [-0.3, -0.25) is 0 Å². The van der Waals surface area contributed by atoms with Crippen LogP contribution in [0.2, 0.25) is 0 Å². The summed E-state index contributed by atoms with van der Waals surface area (Å²) in [5, 5.41) is 9.64.